The first-order chi connectivity index (χ1) is 11.8. The molecule has 0 bridgehead atoms. The topological polar surface area (TPSA) is 20.3 Å². The van der Waals surface area contributed by atoms with Crippen LogP contribution in [0.25, 0.3) is 6.08 Å². The van der Waals surface area contributed by atoms with Crippen molar-refractivity contribution in [2.24, 2.45) is 0 Å². The Kier molecular flexibility index (Phi) is 7.20. The van der Waals surface area contributed by atoms with E-state index >= 15 is 0 Å². The lowest BCUT2D eigenvalue weighted by atomic mass is 10.1. The van der Waals surface area contributed by atoms with Crippen LogP contribution >= 0.6 is 11.8 Å². The first-order valence-corrected chi connectivity index (χ1v) is 8.88. The highest BCUT2D eigenvalue weighted by atomic mass is 32.2. The number of carbonyl (C=O) groups excluding carboxylic acids is 1. The third-order valence-electron chi connectivity index (χ3n) is 3.54. The predicted octanol–water partition coefficient (Wildman–Crippen LogP) is 5.60. The van der Waals surface area contributed by atoms with E-state index in [0.29, 0.717) is 13.0 Å². The van der Waals surface area contributed by atoms with E-state index in [-0.39, 0.29) is 5.24 Å². The van der Waals surface area contributed by atoms with Crippen molar-refractivity contribution in [3.8, 4) is 12.3 Å². The van der Waals surface area contributed by atoms with Gasteiger partial charge in [-0.2, -0.15) is 0 Å². The molecular formula is C21H21NOS. The van der Waals surface area contributed by atoms with Gasteiger partial charge < -0.3 is 0 Å². The number of rotatable bonds is 7. The molecule has 0 heterocycles. The van der Waals surface area contributed by atoms with Gasteiger partial charge in [0.1, 0.15) is 0 Å². The minimum Gasteiger partial charge on any atom is -0.298 e. The molecule has 0 fully saturated rings. The molecule has 0 saturated carbocycles. The predicted molar refractivity (Wildman–Crippen MR) is 105 cm³/mol. The Bertz CT molecular complexity index is 718. The molecule has 0 atom stereocenters. The van der Waals surface area contributed by atoms with Gasteiger partial charge in [0.25, 0.3) is 5.24 Å². The number of unbranched alkanes of at least 4 members (excludes halogenated alkanes) is 1. The number of anilines is 1. The van der Waals surface area contributed by atoms with Crippen LogP contribution in [0.4, 0.5) is 10.5 Å². The maximum Gasteiger partial charge on any atom is 0.286 e. The number of amides is 1. The SMILES string of the molecule is C#CCCCSC(=O)N(Cc1ccccc1)c1ccccc1C=C. The van der Waals surface area contributed by atoms with E-state index in [0.717, 1.165) is 29.0 Å². The summed E-state index contributed by atoms with van der Waals surface area (Å²) in [7, 11) is 0. The third kappa shape index (κ3) is 5.04. The van der Waals surface area contributed by atoms with Gasteiger partial charge in [0, 0.05) is 12.2 Å². The van der Waals surface area contributed by atoms with Crippen molar-refractivity contribution in [3.63, 3.8) is 0 Å². The van der Waals surface area contributed by atoms with Crippen LogP contribution in [-0.2, 0) is 6.54 Å². The zero-order valence-electron chi connectivity index (χ0n) is 13.7. The average molecular weight is 335 g/mol. The van der Waals surface area contributed by atoms with Crippen molar-refractivity contribution < 1.29 is 4.79 Å². The maximum atomic E-state index is 12.8. The summed E-state index contributed by atoms with van der Waals surface area (Å²) in [5.74, 6) is 3.34. The second-order valence-corrected chi connectivity index (χ2v) is 6.30. The van der Waals surface area contributed by atoms with Crippen molar-refractivity contribution in [1.29, 1.82) is 0 Å². The summed E-state index contributed by atoms with van der Waals surface area (Å²) < 4.78 is 0. The Hall–Kier alpha value is -2.44. The first-order valence-electron chi connectivity index (χ1n) is 7.89. The Morgan fingerprint density at radius 2 is 1.88 bits per heavy atom. The monoisotopic (exact) mass is 335 g/mol. The summed E-state index contributed by atoms with van der Waals surface area (Å²) in [6.07, 6.45) is 8.59. The van der Waals surface area contributed by atoms with E-state index < -0.39 is 0 Å². The molecule has 0 spiro atoms. The normalized spacial score (nSPS) is 9.96. The Labute approximate surface area is 148 Å². The number of para-hydroxylation sites is 1. The zero-order valence-corrected chi connectivity index (χ0v) is 14.5. The second kappa shape index (κ2) is 9.64. The molecule has 24 heavy (non-hydrogen) atoms. The van der Waals surface area contributed by atoms with Crippen LogP contribution in [0.3, 0.4) is 0 Å². The van der Waals surface area contributed by atoms with E-state index in [1.807, 2.05) is 59.5 Å². The van der Waals surface area contributed by atoms with E-state index in [9.17, 15) is 4.79 Å². The Balaban J connectivity index is 2.22. The van der Waals surface area contributed by atoms with Crippen molar-refractivity contribution in [2.45, 2.75) is 19.4 Å². The highest BCUT2D eigenvalue weighted by molar-refractivity contribution is 8.13. The lowest BCUT2D eigenvalue weighted by Gasteiger charge is -2.24. The molecule has 0 aliphatic carbocycles. The van der Waals surface area contributed by atoms with Crippen LogP contribution in [0, 0.1) is 12.3 Å². The fraction of sp³-hybridized carbons (Fsp3) is 0.190. The van der Waals surface area contributed by atoms with Crippen LogP contribution in [0.15, 0.2) is 61.2 Å². The Morgan fingerprint density at radius 1 is 1.17 bits per heavy atom. The van der Waals surface area contributed by atoms with Crippen LogP contribution in [0.1, 0.15) is 24.0 Å². The molecule has 1 amide bonds. The second-order valence-electron chi connectivity index (χ2n) is 5.26. The van der Waals surface area contributed by atoms with E-state index in [4.69, 9.17) is 6.42 Å². The number of nitrogens with zero attached hydrogens (tertiary/aromatic N) is 1. The number of thioether (sulfide) groups is 1. The number of hydrogen-bond donors (Lipinski definition) is 0. The molecule has 2 aromatic rings. The van der Waals surface area contributed by atoms with Gasteiger partial charge in [-0.05, 0) is 23.6 Å². The van der Waals surface area contributed by atoms with Gasteiger partial charge in [0.15, 0.2) is 0 Å². The van der Waals surface area contributed by atoms with Gasteiger partial charge in [-0.15, -0.1) is 12.3 Å². The molecule has 0 aliphatic heterocycles. The van der Waals surface area contributed by atoms with Gasteiger partial charge in [0.2, 0.25) is 0 Å². The smallest absolute Gasteiger partial charge is 0.286 e. The average Bonchev–Trinajstić information content (AvgIpc) is 2.64. The van der Waals surface area contributed by atoms with Crippen LogP contribution < -0.4 is 4.90 Å². The quantitative estimate of drug-likeness (QED) is 0.485. The highest BCUT2D eigenvalue weighted by Gasteiger charge is 2.18. The van der Waals surface area contributed by atoms with E-state index in [1.165, 1.54) is 11.8 Å². The third-order valence-corrected chi connectivity index (χ3v) is 4.50. The van der Waals surface area contributed by atoms with Crippen molar-refractivity contribution in [1.82, 2.24) is 0 Å². The molecule has 0 saturated heterocycles. The summed E-state index contributed by atoms with van der Waals surface area (Å²) in [6, 6.07) is 17.8. The zero-order chi connectivity index (χ0) is 17.2. The molecule has 3 heteroatoms. The fourth-order valence-electron chi connectivity index (χ4n) is 2.33. The molecule has 2 aromatic carbocycles. The van der Waals surface area contributed by atoms with Gasteiger partial charge in [0.05, 0.1) is 12.2 Å². The minimum atomic E-state index is 0.0326. The van der Waals surface area contributed by atoms with Crippen molar-refractivity contribution in [3.05, 3.63) is 72.3 Å². The lowest BCUT2D eigenvalue weighted by Crippen LogP contribution is -2.27. The molecule has 2 rings (SSSR count). The summed E-state index contributed by atoms with van der Waals surface area (Å²) in [4.78, 5) is 14.6. The van der Waals surface area contributed by atoms with Crippen molar-refractivity contribution >= 4 is 28.8 Å². The van der Waals surface area contributed by atoms with E-state index in [1.54, 1.807) is 6.08 Å². The highest BCUT2D eigenvalue weighted by Crippen LogP contribution is 2.27. The van der Waals surface area contributed by atoms with Gasteiger partial charge in [-0.3, -0.25) is 9.69 Å². The van der Waals surface area contributed by atoms with Gasteiger partial charge >= 0.3 is 0 Å². The van der Waals surface area contributed by atoms with Crippen molar-refractivity contribution in [2.75, 3.05) is 10.7 Å². The Morgan fingerprint density at radius 3 is 2.58 bits per heavy atom. The van der Waals surface area contributed by atoms with E-state index in [2.05, 4.69) is 12.5 Å². The summed E-state index contributed by atoms with van der Waals surface area (Å²) >= 11 is 1.31. The molecule has 0 unspecified atom stereocenters. The number of benzene rings is 2. The molecule has 0 aliphatic rings. The molecule has 0 aromatic heterocycles. The summed E-state index contributed by atoms with van der Waals surface area (Å²) in [5.41, 5.74) is 2.92. The standard InChI is InChI=1S/C21H21NOS/c1-3-5-11-16-24-21(23)22(17-18-12-7-6-8-13-18)20-15-10-9-14-19(20)4-2/h1,4,6-10,12-15H,2,5,11,16-17H2. The number of terminal acetylenes is 1. The molecule has 2 nitrogen and oxygen atoms in total. The first kappa shape index (κ1) is 17.9. The molecule has 0 N–H and O–H groups in total. The maximum absolute atomic E-state index is 12.8. The van der Waals surface area contributed by atoms with Crippen LogP contribution in [0.5, 0.6) is 0 Å². The van der Waals surface area contributed by atoms with Gasteiger partial charge in [-0.25, -0.2) is 0 Å². The summed E-state index contributed by atoms with van der Waals surface area (Å²) in [6.45, 7) is 4.39. The minimum absolute atomic E-state index is 0.0326. The fourth-order valence-corrected chi connectivity index (χ4v) is 3.11. The van der Waals surface area contributed by atoms with Gasteiger partial charge in [-0.1, -0.05) is 72.9 Å². The molecule has 0 radical (unpaired) electrons. The number of hydrogen-bond acceptors (Lipinski definition) is 2. The molecule has 122 valence electrons. The summed E-state index contributed by atoms with van der Waals surface area (Å²) in [5, 5.41) is 0.0326. The largest absolute Gasteiger partial charge is 0.298 e. The van der Waals surface area contributed by atoms with Crippen LogP contribution in [0.2, 0.25) is 0 Å². The van der Waals surface area contributed by atoms with Crippen LogP contribution in [-0.4, -0.2) is 11.0 Å². The lowest BCUT2D eigenvalue weighted by molar-refractivity contribution is 0.265. The molecular weight excluding hydrogens is 314 g/mol. The number of carbonyl (C=O) groups is 1.